The fourth-order valence-corrected chi connectivity index (χ4v) is 6.38. The molecule has 3 aliphatic rings. The van der Waals surface area contributed by atoms with Gasteiger partial charge in [-0.05, 0) is 38.5 Å². The highest BCUT2D eigenvalue weighted by Crippen LogP contribution is 2.51. The fraction of sp³-hybridized carbons (Fsp3) is 0.360. The molecule has 1 aromatic carbocycles. The molecule has 11 heteroatoms. The van der Waals surface area contributed by atoms with E-state index in [1.54, 1.807) is 51.1 Å². The van der Waals surface area contributed by atoms with Crippen LogP contribution in [0.2, 0.25) is 0 Å². The van der Waals surface area contributed by atoms with Gasteiger partial charge in [0.2, 0.25) is 11.8 Å². The zero-order valence-corrected chi connectivity index (χ0v) is 20.5. The number of hydrogen-bond donors (Lipinski definition) is 2. The number of ether oxygens (including phenoxy) is 1. The number of carbonyl (C=O) groups excluding carboxylic acids is 5. The molecule has 0 bridgehead atoms. The predicted octanol–water partition coefficient (Wildman–Crippen LogP) is 0.970. The lowest BCUT2D eigenvalue weighted by Crippen LogP contribution is -2.71. The van der Waals surface area contributed by atoms with Crippen LogP contribution in [0.3, 0.4) is 0 Å². The monoisotopic (exact) mass is 512 g/mol. The van der Waals surface area contributed by atoms with Gasteiger partial charge in [-0.2, -0.15) is 0 Å². The van der Waals surface area contributed by atoms with Crippen LogP contribution >= 0.6 is 11.8 Å². The third-order valence-corrected chi connectivity index (χ3v) is 7.87. The molecule has 188 valence electrons. The number of rotatable bonds is 7. The van der Waals surface area contributed by atoms with E-state index in [0.29, 0.717) is 5.56 Å². The number of thioether (sulfide) groups is 1. The number of β-lactam (4-membered cyclic amide) rings is 1. The third kappa shape index (κ3) is 4.13. The second-order valence-corrected chi connectivity index (χ2v) is 10.8. The Balaban J connectivity index is 1.72. The zero-order chi connectivity index (χ0) is 26.4. The van der Waals surface area contributed by atoms with Crippen molar-refractivity contribution in [2.75, 3.05) is 6.61 Å². The molecule has 0 saturated carbocycles. The van der Waals surface area contributed by atoms with Crippen LogP contribution in [-0.2, 0) is 33.5 Å². The molecule has 0 radical (unpaired) electrons. The summed E-state index contributed by atoms with van der Waals surface area (Å²) in [5, 5.41) is 11.6. The third-order valence-electron chi connectivity index (χ3n) is 6.30. The summed E-state index contributed by atoms with van der Waals surface area (Å²) in [6.07, 6.45) is 1.95. The molecule has 2 fully saturated rings. The van der Waals surface area contributed by atoms with Crippen LogP contribution < -0.4 is 5.32 Å². The molecular weight excluding hydrogens is 488 g/mol. The Morgan fingerprint density at radius 2 is 1.75 bits per heavy atom. The number of fused-ring (bicyclic) bond motifs is 1. The van der Waals surface area contributed by atoms with Gasteiger partial charge in [0.25, 0.3) is 0 Å². The van der Waals surface area contributed by atoms with Gasteiger partial charge in [-0.15, -0.1) is 11.8 Å². The lowest BCUT2D eigenvalue weighted by atomic mass is 9.81. The van der Waals surface area contributed by atoms with Gasteiger partial charge < -0.3 is 20.1 Å². The van der Waals surface area contributed by atoms with Crippen molar-refractivity contribution in [2.24, 2.45) is 0 Å². The van der Waals surface area contributed by atoms with Crippen LogP contribution in [-0.4, -0.2) is 74.1 Å². The lowest BCUT2D eigenvalue weighted by molar-refractivity contribution is -0.161. The number of carboxylic acid groups (broad SMARTS) is 1. The van der Waals surface area contributed by atoms with Crippen LogP contribution in [0.5, 0.6) is 0 Å². The number of carbonyl (C=O) groups is 6. The topological polar surface area (TPSA) is 147 Å². The van der Waals surface area contributed by atoms with E-state index < -0.39 is 69.0 Å². The number of hydrogen-bond acceptors (Lipinski definition) is 8. The van der Waals surface area contributed by atoms with E-state index in [-0.39, 0.29) is 12.2 Å². The Hall–Kier alpha value is -3.73. The number of nitrogens with one attached hydrogen (secondary N) is 1. The molecule has 2 heterocycles. The molecule has 2 aliphatic heterocycles. The van der Waals surface area contributed by atoms with Gasteiger partial charge in [0.05, 0.1) is 12.5 Å². The fourth-order valence-electron chi connectivity index (χ4n) is 4.76. The second kappa shape index (κ2) is 9.38. The molecule has 36 heavy (non-hydrogen) atoms. The van der Waals surface area contributed by atoms with Crippen molar-refractivity contribution in [2.45, 2.75) is 48.9 Å². The standard InChI is InChI=1S/C25H24N2O8S/c1-4-35-24(34)17-14(29)11-10-13(28)16(17)15(12-8-6-5-7-9-12)20(30)26-18-21(31)27-19(23(32)33)25(2,3)36-22(18)27/h5-11,15,18-19,22H,4H2,1-3H3,(H,26,30)(H,32,33)/t15-,18-,19+,22-/m1/s1. The number of ketones is 2. The zero-order valence-electron chi connectivity index (χ0n) is 19.7. The molecule has 2 N–H and O–H groups in total. The number of aliphatic carboxylic acids is 1. The number of benzene rings is 1. The minimum absolute atomic E-state index is 0.0468. The maximum absolute atomic E-state index is 13.7. The summed E-state index contributed by atoms with van der Waals surface area (Å²) in [6.45, 7) is 4.92. The number of carboxylic acids is 1. The molecule has 4 atom stereocenters. The lowest BCUT2D eigenvalue weighted by Gasteiger charge is -2.44. The van der Waals surface area contributed by atoms with Gasteiger partial charge in [-0.25, -0.2) is 9.59 Å². The summed E-state index contributed by atoms with van der Waals surface area (Å²) in [5.41, 5.74) is -0.539. The second-order valence-electron chi connectivity index (χ2n) is 9.00. The average molecular weight is 513 g/mol. The smallest absolute Gasteiger partial charge is 0.342 e. The summed E-state index contributed by atoms with van der Waals surface area (Å²) in [5.74, 6) is -6.35. The Morgan fingerprint density at radius 1 is 1.11 bits per heavy atom. The highest BCUT2D eigenvalue weighted by atomic mass is 32.2. The van der Waals surface area contributed by atoms with E-state index in [2.05, 4.69) is 5.32 Å². The highest BCUT2D eigenvalue weighted by Gasteiger charge is 2.64. The SMILES string of the molecule is CCOC(=O)C1=C([C@H](C(=O)N[C@@H]2C(=O)N3[C@@H]2SC(C)(C)[C@@H]3C(=O)O)c2ccccc2)C(=O)C=CC1=O. The molecule has 0 unspecified atom stereocenters. The summed E-state index contributed by atoms with van der Waals surface area (Å²) in [7, 11) is 0. The van der Waals surface area contributed by atoms with Crippen molar-refractivity contribution in [1.82, 2.24) is 10.2 Å². The summed E-state index contributed by atoms with van der Waals surface area (Å²) < 4.78 is 4.19. The van der Waals surface area contributed by atoms with Gasteiger partial charge in [-0.3, -0.25) is 19.2 Å². The summed E-state index contributed by atoms with van der Waals surface area (Å²) >= 11 is 1.26. The molecule has 2 amide bonds. The maximum atomic E-state index is 13.7. The van der Waals surface area contributed by atoms with Gasteiger partial charge in [0.15, 0.2) is 11.6 Å². The van der Waals surface area contributed by atoms with Crippen LogP contribution in [0.1, 0.15) is 32.3 Å². The van der Waals surface area contributed by atoms with E-state index in [1.807, 2.05) is 0 Å². The normalized spacial score (nSPS) is 25.2. The van der Waals surface area contributed by atoms with Gasteiger partial charge in [0.1, 0.15) is 23.0 Å². The Morgan fingerprint density at radius 3 is 2.36 bits per heavy atom. The van der Waals surface area contributed by atoms with Crippen LogP contribution in [0, 0.1) is 0 Å². The van der Waals surface area contributed by atoms with E-state index in [1.165, 1.54) is 16.7 Å². The van der Waals surface area contributed by atoms with Crippen LogP contribution in [0.15, 0.2) is 53.6 Å². The van der Waals surface area contributed by atoms with Crippen molar-refractivity contribution >= 4 is 47.1 Å². The molecular formula is C25H24N2O8S. The molecule has 4 rings (SSSR count). The van der Waals surface area contributed by atoms with Crippen LogP contribution in [0.25, 0.3) is 0 Å². The predicted molar refractivity (Wildman–Crippen MR) is 128 cm³/mol. The van der Waals surface area contributed by atoms with Crippen LogP contribution in [0.4, 0.5) is 0 Å². The quantitative estimate of drug-likeness (QED) is 0.236. The first-order valence-corrected chi connectivity index (χ1v) is 12.1. The molecule has 1 aromatic rings. The first-order chi connectivity index (χ1) is 17.0. The first-order valence-electron chi connectivity index (χ1n) is 11.3. The number of allylic oxidation sites excluding steroid dienone is 2. The first kappa shape index (κ1) is 25.4. The summed E-state index contributed by atoms with van der Waals surface area (Å²) in [4.78, 5) is 77.8. The van der Waals surface area contributed by atoms with Crippen molar-refractivity contribution in [3.63, 3.8) is 0 Å². The highest BCUT2D eigenvalue weighted by molar-refractivity contribution is 8.01. The van der Waals surface area contributed by atoms with E-state index in [4.69, 9.17) is 4.74 Å². The van der Waals surface area contributed by atoms with E-state index in [0.717, 1.165) is 12.2 Å². The molecule has 1 aliphatic carbocycles. The van der Waals surface area contributed by atoms with Gasteiger partial charge >= 0.3 is 11.9 Å². The van der Waals surface area contributed by atoms with Gasteiger partial charge in [-0.1, -0.05) is 30.3 Å². The Bertz CT molecular complexity index is 1240. The Labute approximate surface area is 210 Å². The van der Waals surface area contributed by atoms with E-state index >= 15 is 0 Å². The number of amides is 2. The van der Waals surface area contributed by atoms with Crippen molar-refractivity contribution in [1.29, 1.82) is 0 Å². The largest absolute Gasteiger partial charge is 0.480 e. The molecule has 2 saturated heterocycles. The molecule has 10 nitrogen and oxygen atoms in total. The van der Waals surface area contributed by atoms with Crippen molar-refractivity contribution in [3.8, 4) is 0 Å². The average Bonchev–Trinajstić information content (AvgIpc) is 3.08. The minimum atomic E-state index is -1.39. The summed E-state index contributed by atoms with van der Waals surface area (Å²) in [6, 6.07) is 6.01. The maximum Gasteiger partial charge on any atom is 0.342 e. The number of nitrogens with zero attached hydrogens (tertiary/aromatic N) is 1. The number of esters is 1. The molecule has 0 spiro atoms. The van der Waals surface area contributed by atoms with E-state index in [9.17, 15) is 33.9 Å². The molecule has 0 aromatic heterocycles. The Kier molecular flexibility index (Phi) is 6.61. The van der Waals surface area contributed by atoms with Crippen molar-refractivity contribution < 1.29 is 38.6 Å². The minimum Gasteiger partial charge on any atom is -0.480 e. The van der Waals surface area contributed by atoms with Crippen molar-refractivity contribution in [3.05, 3.63) is 59.2 Å². The van der Waals surface area contributed by atoms with Gasteiger partial charge in [0, 0.05) is 10.3 Å².